The summed E-state index contributed by atoms with van der Waals surface area (Å²) in [5.74, 6) is 0.219. The van der Waals surface area contributed by atoms with Gasteiger partial charge in [0.15, 0.2) is 0 Å². The van der Waals surface area contributed by atoms with Gasteiger partial charge in [-0.05, 0) is 30.3 Å². The van der Waals surface area contributed by atoms with Gasteiger partial charge in [0.1, 0.15) is 16.9 Å². The number of para-hydroxylation sites is 2. The molecule has 0 aliphatic carbocycles. The average Bonchev–Trinajstić information content (AvgIpc) is 2.92. The number of benzene rings is 3. The summed E-state index contributed by atoms with van der Waals surface area (Å²) >= 11 is 0. The third-order valence-electron chi connectivity index (χ3n) is 3.65. The molecule has 1 N–H and O–H groups in total. The number of nitrogens with zero attached hydrogens (tertiary/aromatic N) is 1. The molecule has 4 rings (SSSR count). The molecule has 0 spiro atoms. The highest BCUT2D eigenvalue weighted by atomic mass is 16.3. The Morgan fingerprint density at radius 2 is 1.59 bits per heavy atom. The molecule has 106 valence electrons. The van der Waals surface area contributed by atoms with Crippen molar-refractivity contribution >= 4 is 33.8 Å². The molecule has 1 heterocycles. The van der Waals surface area contributed by atoms with E-state index in [4.69, 9.17) is 4.42 Å². The quantitative estimate of drug-likeness (QED) is 0.525. The lowest BCUT2D eigenvalue weighted by Gasteiger charge is -1.97. The predicted octanol–water partition coefficient (Wildman–Crippen LogP) is 5.04. The van der Waals surface area contributed by atoms with Crippen LogP contribution in [-0.4, -0.2) is 11.3 Å². The lowest BCUT2D eigenvalue weighted by Crippen LogP contribution is -1.80. The second kappa shape index (κ2) is 5.04. The van der Waals surface area contributed by atoms with Gasteiger partial charge in [-0.15, -0.1) is 0 Å². The topological polar surface area (TPSA) is 45.7 Å². The standard InChI is InChI=1S/C19H13NO2/c21-17-7-3-1-5-13(17)12-20-14-9-10-16-15-6-2-4-8-18(15)22-19(16)11-14/h1-12,21H. The highest BCUT2D eigenvalue weighted by Crippen LogP contribution is 2.31. The van der Waals surface area contributed by atoms with E-state index in [9.17, 15) is 5.11 Å². The first kappa shape index (κ1) is 12.7. The van der Waals surface area contributed by atoms with E-state index in [0.717, 1.165) is 27.6 Å². The van der Waals surface area contributed by atoms with Gasteiger partial charge in [0, 0.05) is 28.6 Å². The van der Waals surface area contributed by atoms with Crippen LogP contribution in [0.2, 0.25) is 0 Å². The molecule has 3 aromatic carbocycles. The van der Waals surface area contributed by atoms with Gasteiger partial charge in [-0.2, -0.15) is 0 Å². The van der Waals surface area contributed by atoms with Gasteiger partial charge in [-0.1, -0.05) is 30.3 Å². The van der Waals surface area contributed by atoms with Crippen LogP contribution in [-0.2, 0) is 0 Å². The Labute approximate surface area is 127 Å². The van der Waals surface area contributed by atoms with Crippen molar-refractivity contribution in [3.8, 4) is 5.75 Å². The van der Waals surface area contributed by atoms with Crippen LogP contribution in [0.25, 0.3) is 21.9 Å². The van der Waals surface area contributed by atoms with Gasteiger partial charge in [0.2, 0.25) is 0 Å². The number of hydrogen-bond donors (Lipinski definition) is 1. The molecule has 4 aromatic rings. The molecule has 1 aromatic heterocycles. The van der Waals surface area contributed by atoms with E-state index in [1.807, 2.05) is 54.6 Å². The van der Waals surface area contributed by atoms with Crippen molar-refractivity contribution in [2.45, 2.75) is 0 Å². The SMILES string of the molecule is Oc1ccccc1C=Nc1ccc2c(c1)oc1ccccc12. The fourth-order valence-electron chi connectivity index (χ4n) is 2.54. The molecule has 0 unspecified atom stereocenters. The van der Waals surface area contributed by atoms with Crippen molar-refractivity contribution in [1.29, 1.82) is 0 Å². The highest BCUT2D eigenvalue weighted by molar-refractivity contribution is 6.05. The fourth-order valence-corrected chi connectivity index (χ4v) is 2.54. The first-order chi connectivity index (χ1) is 10.8. The van der Waals surface area contributed by atoms with Crippen molar-refractivity contribution in [3.63, 3.8) is 0 Å². The van der Waals surface area contributed by atoms with E-state index in [1.54, 1.807) is 18.3 Å². The van der Waals surface area contributed by atoms with Crippen LogP contribution in [0.15, 0.2) is 76.1 Å². The summed E-state index contributed by atoms with van der Waals surface area (Å²) in [6, 6.07) is 20.9. The first-order valence-corrected chi connectivity index (χ1v) is 7.05. The average molecular weight is 287 g/mol. The van der Waals surface area contributed by atoms with Crippen molar-refractivity contribution in [2.75, 3.05) is 0 Å². The van der Waals surface area contributed by atoms with Crippen molar-refractivity contribution in [3.05, 3.63) is 72.3 Å². The zero-order valence-corrected chi connectivity index (χ0v) is 11.7. The number of aromatic hydroxyl groups is 1. The van der Waals surface area contributed by atoms with Crippen LogP contribution in [0.4, 0.5) is 5.69 Å². The second-order valence-corrected chi connectivity index (χ2v) is 5.10. The van der Waals surface area contributed by atoms with E-state index in [1.165, 1.54) is 0 Å². The van der Waals surface area contributed by atoms with E-state index in [0.29, 0.717) is 5.56 Å². The van der Waals surface area contributed by atoms with E-state index in [2.05, 4.69) is 4.99 Å². The lowest BCUT2D eigenvalue weighted by atomic mass is 10.1. The number of aliphatic imine (C=N–C) groups is 1. The van der Waals surface area contributed by atoms with Crippen LogP contribution in [0.5, 0.6) is 5.75 Å². The minimum atomic E-state index is 0.219. The summed E-state index contributed by atoms with van der Waals surface area (Å²) < 4.78 is 5.85. The monoisotopic (exact) mass is 287 g/mol. The Kier molecular flexibility index (Phi) is 2.90. The summed E-state index contributed by atoms with van der Waals surface area (Å²) in [5, 5.41) is 11.9. The van der Waals surface area contributed by atoms with Gasteiger partial charge in [-0.3, -0.25) is 4.99 Å². The van der Waals surface area contributed by atoms with Crippen LogP contribution >= 0.6 is 0 Å². The summed E-state index contributed by atoms with van der Waals surface area (Å²) in [7, 11) is 0. The Hall–Kier alpha value is -3.07. The third kappa shape index (κ3) is 2.13. The van der Waals surface area contributed by atoms with Crippen LogP contribution < -0.4 is 0 Å². The van der Waals surface area contributed by atoms with Gasteiger partial charge in [0.25, 0.3) is 0 Å². The van der Waals surface area contributed by atoms with Crippen LogP contribution in [0.3, 0.4) is 0 Å². The molecule has 0 saturated heterocycles. The van der Waals surface area contributed by atoms with Gasteiger partial charge in [-0.25, -0.2) is 0 Å². The maximum absolute atomic E-state index is 9.75. The molecular formula is C19H13NO2. The van der Waals surface area contributed by atoms with E-state index < -0.39 is 0 Å². The van der Waals surface area contributed by atoms with Gasteiger partial charge in [0.05, 0.1) is 5.69 Å². The van der Waals surface area contributed by atoms with Crippen molar-refractivity contribution in [2.24, 2.45) is 4.99 Å². The van der Waals surface area contributed by atoms with Crippen LogP contribution in [0, 0.1) is 0 Å². The van der Waals surface area contributed by atoms with Crippen LogP contribution in [0.1, 0.15) is 5.56 Å². The number of phenolic OH excluding ortho intramolecular Hbond substituents is 1. The Morgan fingerprint density at radius 1 is 0.818 bits per heavy atom. The second-order valence-electron chi connectivity index (χ2n) is 5.10. The molecule has 0 saturated carbocycles. The molecule has 0 amide bonds. The lowest BCUT2D eigenvalue weighted by molar-refractivity contribution is 0.474. The van der Waals surface area contributed by atoms with Gasteiger partial charge < -0.3 is 9.52 Å². The largest absolute Gasteiger partial charge is 0.507 e. The fraction of sp³-hybridized carbons (Fsp3) is 0. The molecule has 0 atom stereocenters. The number of rotatable bonds is 2. The smallest absolute Gasteiger partial charge is 0.137 e. The highest BCUT2D eigenvalue weighted by Gasteiger charge is 2.06. The molecule has 3 heteroatoms. The number of phenols is 1. The van der Waals surface area contributed by atoms with E-state index in [-0.39, 0.29) is 5.75 Å². The summed E-state index contributed by atoms with van der Waals surface area (Å²) in [6.07, 6.45) is 1.65. The number of fused-ring (bicyclic) bond motifs is 3. The summed E-state index contributed by atoms with van der Waals surface area (Å²) in [4.78, 5) is 4.41. The zero-order chi connectivity index (χ0) is 14.9. The predicted molar refractivity (Wildman–Crippen MR) is 89.1 cm³/mol. The summed E-state index contributed by atoms with van der Waals surface area (Å²) in [5.41, 5.74) is 3.16. The maximum atomic E-state index is 9.75. The molecule has 3 nitrogen and oxygen atoms in total. The molecule has 0 radical (unpaired) electrons. The van der Waals surface area contributed by atoms with E-state index >= 15 is 0 Å². The normalized spacial score (nSPS) is 11.6. The van der Waals surface area contributed by atoms with Crippen molar-refractivity contribution in [1.82, 2.24) is 0 Å². The minimum absolute atomic E-state index is 0.219. The Balaban J connectivity index is 1.77. The molecular weight excluding hydrogens is 274 g/mol. The maximum Gasteiger partial charge on any atom is 0.137 e. The molecule has 0 aliphatic rings. The minimum Gasteiger partial charge on any atom is -0.507 e. The first-order valence-electron chi connectivity index (χ1n) is 7.05. The Bertz CT molecular complexity index is 999. The Morgan fingerprint density at radius 3 is 2.50 bits per heavy atom. The third-order valence-corrected chi connectivity index (χ3v) is 3.65. The summed E-state index contributed by atoms with van der Waals surface area (Å²) in [6.45, 7) is 0. The molecule has 0 fully saturated rings. The van der Waals surface area contributed by atoms with Gasteiger partial charge >= 0.3 is 0 Å². The zero-order valence-electron chi connectivity index (χ0n) is 11.7. The number of furan rings is 1. The molecule has 0 aliphatic heterocycles. The molecule has 0 bridgehead atoms. The van der Waals surface area contributed by atoms with Crippen molar-refractivity contribution < 1.29 is 9.52 Å². The number of hydrogen-bond acceptors (Lipinski definition) is 3. The molecule has 22 heavy (non-hydrogen) atoms.